The average molecular weight is 197 g/mol. The molecule has 2 unspecified atom stereocenters. The molecular formula is C10H13ClN2. The van der Waals surface area contributed by atoms with Crippen LogP contribution < -0.4 is 0 Å². The zero-order valence-electron chi connectivity index (χ0n) is 7.49. The van der Waals surface area contributed by atoms with Crippen LogP contribution in [0.15, 0.2) is 12.5 Å². The molecule has 0 amide bonds. The second kappa shape index (κ2) is 2.74. The summed E-state index contributed by atoms with van der Waals surface area (Å²) in [5, 5.41) is 0. The van der Waals surface area contributed by atoms with Crippen LogP contribution in [0.2, 0.25) is 0 Å². The van der Waals surface area contributed by atoms with Gasteiger partial charge in [-0.25, -0.2) is 4.98 Å². The summed E-state index contributed by atoms with van der Waals surface area (Å²) in [4.78, 5) is 4.16. The summed E-state index contributed by atoms with van der Waals surface area (Å²) in [7, 11) is 0. The van der Waals surface area contributed by atoms with E-state index in [1.807, 2.05) is 12.5 Å². The van der Waals surface area contributed by atoms with Gasteiger partial charge in [0.25, 0.3) is 0 Å². The van der Waals surface area contributed by atoms with E-state index in [0.29, 0.717) is 11.9 Å². The van der Waals surface area contributed by atoms with Crippen LogP contribution in [0, 0.1) is 11.8 Å². The van der Waals surface area contributed by atoms with E-state index in [1.165, 1.54) is 25.0 Å². The maximum absolute atomic E-state index is 5.84. The molecule has 2 saturated carbocycles. The molecule has 0 N–H and O–H groups in total. The fourth-order valence-electron chi connectivity index (χ4n) is 2.67. The molecule has 0 radical (unpaired) electrons. The Morgan fingerprint density at radius 1 is 1.38 bits per heavy atom. The summed E-state index contributed by atoms with van der Waals surface area (Å²) in [6.07, 6.45) is 8.00. The average Bonchev–Trinajstić information content (AvgIpc) is 2.67. The minimum absolute atomic E-state index is 0.589. The van der Waals surface area contributed by atoms with Gasteiger partial charge in [0, 0.05) is 12.2 Å². The van der Waals surface area contributed by atoms with Crippen LogP contribution in [0.3, 0.4) is 0 Å². The largest absolute Gasteiger partial charge is 0.330 e. The van der Waals surface area contributed by atoms with Crippen molar-refractivity contribution in [3.8, 4) is 0 Å². The lowest BCUT2D eigenvalue weighted by atomic mass is 10.1. The molecule has 1 aromatic heterocycles. The molecule has 0 bridgehead atoms. The summed E-state index contributed by atoms with van der Waals surface area (Å²) >= 11 is 5.84. The predicted octanol–water partition coefficient (Wildman–Crippen LogP) is 2.59. The van der Waals surface area contributed by atoms with Gasteiger partial charge in [-0.05, 0) is 31.1 Å². The number of hydrogen-bond acceptors (Lipinski definition) is 1. The first-order valence-electron chi connectivity index (χ1n) is 4.95. The van der Waals surface area contributed by atoms with Gasteiger partial charge in [-0.3, -0.25) is 0 Å². The number of nitrogens with zero attached hydrogens (tertiary/aromatic N) is 2. The van der Waals surface area contributed by atoms with E-state index >= 15 is 0 Å². The van der Waals surface area contributed by atoms with Crippen molar-refractivity contribution in [1.29, 1.82) is 0 Å². The third-order valence-corrected chi connectivity index (χ3v) is 3.77. The standard InChI is InChI=1S/C10H13ClN2/c11-4-10-5-12-6-13(10)9-2-7-1-8(7)3-9/h5-9H,1-4H2. The number of rotatable bonds is 2. The number of hydrogen-bond donors (Lipinski definition) is 0. The summed E-state index contributed by atoms with van der Waals surface area (Å²) in [6, 6.07) is 0.694. The van der Waals surface area contributed by atoms with Crippen LogP contribution >= 0.6 is 11.6 Å². The van der Waals surface area contributed by atoms with Crippen molar-refractivity contribution in [2.75, 3.05) is 0 Å². The van der Waals surface area contributed by atoms with E-state index in [9.17, 15) is 0 Å². The number of halogens is 1. The summed E-state index contributed by atoms with van der Waals surface area (Å²) in [6.45, 7) is 0. The van der Waals surface area contributed by atoms with Crippen molar-refractivity contribution in [1.82, 2.24) is 9.55 Å². The summed E-state index contributed by atoms with van der Waals surface area (Å²) < 4.78 is 2.28. The Morgan fingerprint density at radius 3 is 2.85 bits per heavy atom. The van der Waals surface area contributed by atoms with Crippen LogP contribution in [0.4, 0.5) is 0 Å². The van der Waals surface area contributed by atoms with Gasteiger partial charge in [0.2, 0.25) is 0 Å². The molecule has 2 atom stereocenters. The number of fused-ring (bicyclic) bond motifs is 1. The Morgan fingerprint density at radius 2 is 2.15 bits per heavy atom. The fourth-order valence-corrected chi connectivity index (χ4v) is 2.88. The fraction of sp³-hybridized carbons (Fsp3) is 0.700. The van der Waals surface area contributed by atoms with Crippen LogP contribution in [0.25, 0.3) is 0 Å². The van der Waals surface area contributed by atoms with Gasteiger partial charge in [-0.1, -0.05) is 0 Å². The highest BCUT2D eigenvalue weighted by molar-refractivity contribution is 6.16. The van der Waals surface area contributed by atoms with Crippen molar-refractivity contribution in [3.63, 3.8) is 0 Å². The molecule has 0 saturated heterocycles. The zero-order chi connectivity index (χ0) is 8.84. The molecule has 0 aromatic carbocycles. The normalized spacial score (nSPS) is 36.2. The second-order valence-corrected chi connectivity index (χ2v) is 4.57. The maximum atomic E-state index is 5.84. The Kier molecular flexibility index (Phi) is 1.66. The number of imidazole rings is 1. The zero-order valence-corrected chi connectivity index (χ0v) is 8.24. The lowest BCUT2D eigenvalue weighted by Crippen LogP contribution is -2.08. The van der Waals surface area contributed by atoms with E-state index in [1.54, 1.807) is 0 Å². The molecule has 2 aliphatic rings. The van der Waals surface area contributed by atoms with E-state index in [2.05, 4.69) is 9.55 Å². The maximum Gasteiger partial charge on any atom is 0.0951 e. The van der Waals surface area contributed by atoms with Gasteiger partial charge >= 0.3 is 0 Å². The molecule has 0 aliphatic heterocycles. The lowest BCUT2D eigenvalue weighted by molar-refractivity contribution is 0.459. The van der Waals surface area contributed by atoms with E-state index in [0.717, 1.165) is 11.8 Å². The first kappa shape index (κ1) is 7.86. The van der Waals surface area contributed by atoms with E-state index in [4.69, 9.17) is 11.6 Å². The minimum atomic E-state index is 0.589. The van der Waals surface area contributed by atoms with Crippen molar-refractivity contribution in [2.24, 2.45) is 11.8 Å². The number of aromatic nitrogens is 2. The van der Waals surface area contributed by atoms with Gasteiger partial charge in [0.15, 0.2) is 0 Å². The van der Waals surface area contributed by atoms with Crippen LogP contribution in [0.1, 0.15) is 31.0 Å². The molecule has 1 heterocycles. The van der Waals surface area contributed by atoms with Crippen molar-refractivity contribution in [2.45, 2.75) is 31.2 Å². The molecular weight excluding hydrogens is 184 g/mol. The smallest absolute Gasteiger partial charge is 0.0951 e. The van der Waals surface area contributed by atoms with Gasteiger partial charge in [-0.15, -0.1) is 11.6 Å². The van der Waals surface area contributed by atoms with E-state index in [-0.39, 0.29) is 0 Å². The Labute approximate surface area is 82.9 Å². The predicted molar refractivity (Wildman–Crippen MR) is 51.7 cm³/mol. The molecule has 2 aliphatic carbocycles. The Hall–Kier alpha value is -0.500. The third kappa shape index (κ3) is 1.19. The molecule has 0 spiro atoms. The summed E-state index contributed by atoms with van der Waals surface area (Å²) in [5.41, 5.74) is 1.17. The van der Waals surface area contributed by atoms with Gasteiger partial charge < -0.3 is 4.57 Å². The lowest BCUT2D eigenvalue weighted by Gasteiger charge is -2.15. The molecule has 3 heteroatoms. The molecule has 3 rings (SSSR count). The Balaban J connectivity index is 1.83. The van der Waals surface area contributed by atoms with Crippen molar-refractivity contribution >= 4 is 11.6 Å². The first-order chi connectivity index (χ1) is 6.38. The second-order valence-electron chi connectivity index (χ2n) is 4.31. The SMILES string of the molecule is ClCc1cncn1C1CC2CC2C1. The topological polar surface area (TPSA) is 17.8 Å². The van der Waals surface area contributed by atoms with Crippen LogP contribution in [-0.2, 0) is 5.88 Å². The van der Waals surface area contributed by atoms with Gasteiger partial charge in [0.1, 0.15) is 0 Å². The van der Waals surface area contributed by atoms with E-state index < -0.39 is 0 Å². The highest BCUT2D eigenvalue weighted by Crippen LogP contribution is 2.56. The van der Waals surface area contributed by atoms with Crippen LogP contribution in [0.5, 0.6) is 0 Å². The van der Waals surface area contributed by atoms with Crippen molar-refractivity contribution < 1.29 is 0 Å². The minimum Gasteiger partial charge on any atom is -0.330 e. The molecule has 1 aromatic rings. The molecule has 2 nitrogen and oxygen atoms in total. The third-order valence-electron chi connectivity index (χ3n) is 3.50. The number of alkyl halides is 1. The summed E-state index contributed by atoms with van der Waals surface area (Å²) in [5.74, 6) is 2.64. The van der Waals surface area contributed by atoms with Crippen molar-refractivity contribution in [3.05, 3.63) is 18.2 Å². The van der Waals surface area contributed by atoms with Crippen LogP contribution in [-0.4, -0.2) is 9.55 Å². The van der Waals surface area contributed by atoms with Gasteiger partial charge in [-0.2, -0.15) is 0 Å². The molecule has 70 valence electrons. The highest BCUT2D eigenvalue weighted by Gasteiger charge is 2.46. The molecule has 13 heavy (non-hydrogen) atoms. The van der Waals surface area contributed by atoms with Gasteiger partial charge in [0.05, 0.1) is 17.9 Å². The Bertz CT molecular complexity index is 310. The quantitative estimate of drug-likeness (QED) is 0.665. The molecule has 2 fully saturated rings. The first-order valence-corrected chi connectivity index (χ1v) is 5.48. The monoisotopic (exact) mass is 196 g/mol. The highest BCUT2D eigenvalue weighted by atomic mass is 35.5.